The van der Waals surface area contributed by atoms with Crippen LogP contribution in [0.2, 0.25) is 0 Å². The SMILES string of the molecule is CNC1C(O[C@@H]2C[C@@H](O)[C@H](N)C(CO)O2)O[C@H]2C[C@H](N)[C@@H](O[C@@H]3C(N)C[C@@H](N)[C@@H](O)C3O)OC2C1O. The van der Waals surface area contributed by atoms with Gasteiger partial charge in [0.15, 0.2) is 18.9 Å². The van der Waals surface area contributed by atoms with Gasteiger partial charge in [0, 0.05) is 18.5 Å². The van der Waals surface area contributed by atoms with Crippen molar-refractivity contribution >= 4 is 0 Å². The van der Waals surface area contributed by atoms with Crippen LogP contribution in [-0.4, -0.2) is 137 Å². The van der Waals surface area contributed by atoms with E-state index in [1.807, 2.05) is 0 Å². The van der Waals surface area contributed by atoms with Gasteiger partial charge in [-0.3, -0.25) is 0 Å². The topological polar surface area (TPSA) is 263 Å². The number of hydrogen-bond donors (Lipinski definition) is 10. The van der Waals surface area contributed by atoms with Crippen LogP contribution in [-0.2, 0) is 23.7 Å². The van der Waals surface area contributed by atoms with Crippen molar-refractivity contribution in [2.45, 2.75) is 117 Å². The number of fused-ring (bicyclic) bond motifs is 1. The van der Waals surface area contributed by atoms with Gasteiger partial charge in [0.05, 0.1) is 43.0 Å². The summed E-state index contributed by atoms with van der Waals surface area (Å²) in [5, 5.41) is 54.3. The number of likely N-dealkylation sites (N-methyl/N-ethyl adjacent to an activating group) is 1. The molecule has 7 unspecified atom stereocenters. The summed E-state index contributed by atoms with van der Waals surface area (Å²) in [6.45, 7) is -0.390. The molecule has 210 valence electrons. The van der Waals surface area contributed by atoms with E-state index < -0.39 is 105 Å². The average molecular weight is 524 g/mol. The molecule has 15 heteroatoms. The zero-order chi connectivity index (χ0) is 26.3. The normalized spacial score (nSPS) is 54.2. The van der Waals surface area contributed by atoms with Gasteiger partial charge in [-0.1, -0.05) is 0 Å². The highest BCUT2D eigenvalue weighted by atomic mass is 16.8. The van der Waals surface area contributed by atoms with Crippen molar-refractivity contribution in [2.24, 2.45) is 22.9 Å². The summed E-state index contributed by atoms with van der Waals surface area (Å²) in [7, 11) is 1.61. The van der Waals surface area contributed by atoms with Crippen molar-refractivity contribution in [3.8, 4) is 0 Å². The van der Waals surface area contributed by atoms with Crippen molar-refractivity contribution in [1.29, 1.82) is 0 Å². The standard InChI is InChI=1S/C21H41N5O10/c1-26-14-16(30)19-10(33-21(14)34-12-4-9(28)13(25)11(5-27)32-12)3-8(24)20(36-19)35-18-7(23)2-6(22)15(29)17(18)31/h6-21,26-31H,2-5,22-25H2,1H3/t6-,7?,8+,9-,10+,11?,12-,13+,14?,15-,16?,17?,18-,19?,20+,21?/m1/s1. The van der Waals surface area contributed by atoms with Gasteiger partial charge in [-0.25, -0.2) is 0 Å². The third kappa shape index (κ3) is 5.56. The molecule has 3 heterocycles. The van der Waals surface area contributed by atoms with Crippen molar-refractivity contribution in [3.05, 3.63) is 0 Å². The molecule has 14 N–H and O–H groups in total. The minimum absolute atomic E-state index is 0.0591. The van der Waals surface area contributed by atoms with Crippen LogP contribution in [0.1, 0.15) is 19.3 Å². The molecule has 0 aromatic carbocycles. The first-order valence-electron chi connectivity index (χ1n) is 12.4. The highest BCUT2D eigenvalue weighted by molar-refractivity contribution is 5.01. The van der Waals surface area contributed by atoms with Gasteiger partial charge in [-0.05, 0) is 19.9 Å². The van der Waals surface area contributed by atoms with Crippen LogP contribution < -0.4 is 28.3 Å². The predicted octanol–water partition coefficient (Wildman–Crippen LogP) is -5.92. The molecule has 3 saturated heterocycles. The summed E-state index contributed by atoms with van der Waals surface area (Å²) in [5.41, 5.74) is 24.1. The average Bonchev–Trinajstić information content (AvgIpc) is 2.83. The van der Waals surface area contributed by atoms with Crippen LogP contribution in [0.4, 0.5) is 0 Å². The van der Waals surface area contributed by atoms with Crippen molar-refractivity contribution in [2.75, 3.05) is 13.7 Å². The molecule has 4 rings (SSSR count). The molecule has 1 aliphatic carbocycles. The lowest BCUT2D eigenvalue weighted by molar-refractivity contribution is -0.361. The number of aliphatic hydroxyl groups excluding tert-OH is 5. The number of nitrogens with two attached hydrogens (primary N) is 4. The lowest BCUT2D eigenvalue weighted by atomic mass is 9.84. The molecule has 3 aliphatic heterocycles. The second-order valence-corrected chi connectivity index (χ2v) is 10.2. The van der Waals surface area contributed by atoms with Gasteiger partial charge in [-0.2, -0.15) is 0 Å². The van der Waals surface area contributed by atoms with E-state index in [0.717, 1.165) is 0 Å². The molecule has 0 spiro atoms. The molecule has 0 amide bonds. The van der Waals surface area contributed by atoms with Gasteiger partial charge in [0.2, 0.25) is 0 Å². The van der Waals surface area contributed by atoms with Crippen LogP contribution in [0.3, 0.4) is 0 Å². The fourth-order valence-electron chi connectivity index (χ4n) is 5.44. The summed E-state index contributed by atoms with van der Waals surface area (Å²) in [6, 6.07) is -3.55. The van der Waals surface area contributed by atoms with Gasteiger partial charge in [0.25, 0.3) is 0 Å². The van der Waals surface area contributed by atoms with E-state index in [1.165, 1.54) is 0 Å². The van der Waals surface area contributed by atoms with E-state index in [9.17, 15) is 25.5 Å². The van der Waals surface area contributed by atoms with Crippen LogP contribution >= 0.6 is 0 Å². The highest BCUT2D eigenvalue weighted by Gasteiger charge is 2.53. The van der Waals surface area contributed by atoms with E-state index in [0.29, 0.717) is 0 Å². The van der Waals surface area contributed by atoms with Crippen LogP contribution in [0.15, 0.2) is 0 Å². The molecule has 0 radical (unpaired) electrons. The van der Waals surface area contributed by atoms with E-state index in [1.54, 1.807) is 7.05 Å². The van der Waals surface area contributed by atoms with Gasteiger partial charge >= 0.3 is 0 Å². The second-order valence-electron chi connectivity index (χ2n) is 10.2. The van der Waals surface area contributed by atoms with Gasteiger partial charge < -0.3 is 77.5 Å². The summed E-state index contributed by atoms with van der Waals surface area (Å²) in [4.78, 5) is 0. The Morgan fingerprint density at radius 3 is 2.19 bits per heavy atom. The Balaban J connectivity index is 1.41. The summed E-state index contributed by atoms with van der Waals surface area (Å²) >= 11 is 0. The van der Waals surface area contributed by atoms with E-state index in [2.05, 4.69) is 5.32 Å². The third-order valence-corrected chi connectivity index (χ3v) is 7.63. The summed E-state index contributed by atoms with van der Waals surface area (Å²) < 4.78 is 29.6. The monoisotopic (exact) mass is 523 g/mol. The Morgan fingerprint density at radius 1 is 0.806 bits per heavy atom. The first kappa shape index (κ1) is 28.4. The maximum atomic E-state index is 11.1. The minimum atomic E-state index is -1.32. The highest BCUT2D eigenvalue weighted by Crippen LogP contribution is 2.35. The van der Waals surface area contributed by atoms with E-state index in [-0.39, 0.29) is 19.3 Å². The lowest BCUT2D eigenvalue weighted by Crippen LogP contribution is -2.69. The van der Waals surface area contributed by atoms with Crippen LogP contribution in [0.5, 0.6) is 0 Å². The predicted molar refractivity (Wildman–Crippen MR) is 122 cm³/mol. The number of rotatable bonds is 6. The van der Waals surface area contributed by atoms with Crippen LogP contribution in [0, 0.1) is 0 Å². The van der Waals surface area contributed by atoms with E-state index >= 15 is 0 Å². The maximum Gasteiger partial charge on any atom is 0.179 e. The first-order valence-corrected chi connectivity index (χ1v) is 12.4. The third-order valence-electron chi connectivity index (χ3n) is 7.63. The molecule has 0 aromatic rings. The number of nitrogens with one attached hydrogen (secondary N) is 1. The smallest absolute Gasteiger partial charge is 0.179 e. The Labute approximate surface area is 208 Å². The summed E-state index contributed by atoms with van der Waals surface area (Å²) in [5.74, 6) is 0. The Kier molecular flexibility index (Phi) is 9.19. The van der Waals surface area contributed by atoms with E-state index in [4.69, 9.17) is 46.6 Å². The molecular formula is C21H41N5O10. The van der Waals surface area contributed by atoms with Crippen molar-refractivity contribution < 1.29 is 49.2 Å². The van der Waals surface area contributed by atoms with Gasteiger partial charge in [-0.15, -0.1) is 0 Å². The van der Waals surface area contributed by atoms with Crippen molar-refractivity contribution in [1.82, 2.24) is 5.32 Å². The lowest BCUT2D eigenvalue weighted by Gasteiger charge is -2.51. The zero-order valence-electron chi connectivity index (χ0n) is 20.2. The van der Waals surface area contributed by atoms with Crippen molar-refractivity contribution in [3.63, 3.8) is 0 Å². The zero-order valence-corrected chi connectivity index (χ0v) is 20.2. The molecule has 4 fully saturated rings. The molecule has 1 saturated carbocycles. The Hall–Kier alpha value is -0.600. The number of aliphatic hydroxyl groups is 5. The molecule has 0 bridgehead atoms. The quantitative estimate of drug-likeness (QED) is 0.155. The maximum absolute atomic E-state index is 11.1. The number of ether oxygens (including phenoxy) is 5. The fourth-order valence-corrected chi connectivity index (χ4v) is 5.44. The molecule has 4 aliphatic rings. The fraction of sp³-hybridized carbons (Fsp3) is 1.00. The molecule has 15 nitrogen and oxygen atoms in total. The minimum Gasteiger partial charge on any atom is -0.394 e. The molecule has 0 aromatic heterocycles. The Morgan fingerprint density at radius 2 is 1.53 bits per heavy atom. The first-order chi connectivity index (χ1) is 17.0. The molecular weight excluding hydrogens is 482 g/mol. The Bertz CT molecular complexity index is 727. The molecule has 36 heavy (non-hydrogen) atoms. The second kappa shape index (κ2) is 11.6. The summed E-state index contributed by atoms with van der Waals surface area (Å²) in [6.07, 6.45) is -10.3. The number of hydrogen-bond acceptors (Lipinski definition) is 15. The van der Waals surface area contributed by atoms with Gasteiger partial charge in [0.1, 0.15) is 30.5 Å². The molecule has 16 atom stereocenters. The largest absolute Gasteiger partial charge is 0.394 e. The van der Waals surface area contributed by atoms with Crippen LogP contribution in [0.25, 0.3) is 0 Å².